The number of aromatic nitrogens is 1. The number of benzene rings is 1. The van der Waals surface area contributed by atoms with E-state index in [2.05, 4.69) is 29.1 Å². The molecule has 2 aromatic rings. The average Bonchev–Trinajstić information content (AvgIpc) is 2.98. The summed E-state index contributed by atoms with van der Waals surface area (Å²) in [6, 6.07) is 8.38. The van der Waals surface area contributed by atoms with Gasteiger partial charge in [0.25, 0.3) is 0 Å². The number of carboxylic acid groups (broad SMARTS) is 1. The Labute approximate surface area is 140 Å². The number of carbonyl (C=O) groups excluding carboxylic acids is 1. The van der Waals surface area contributed by atoms with Crippen LogP contribution in [0.5, 0.6) is 0 Å². The molecule has 3 rings (SSSR count). The van der Waals surface area contributed by atoms with Crippen LogP contribution >= 0.6 is 11.3 Å². The largest absolute Gasteiger partial charge is 0.550 e. The van der Waals surface area contributed by atoms with Gasteiger partial charge in [-0.2, -0.15) is 0 Å². The van der Waals surface area contributed by atoms with E-state index in [4.69, 9.17) is 0 Å². The molecule has 0 bridgehead atoms. The van der Waals surface area contributed by atoms with E-state index in [9.17, 15) is 9.90 Å². The first-order valence-electron chi connectivity index (χ1n) is 7.87. The van der Waals surface area contributed by atoms with E-state index in [1.165, 1.54) is 30.0 Å². The number of thiazole rings is 1. The summed E-state index contributed by atoms with van der Waals surface area (Å²) in [6.07, 6.45) is -0.125. The van der Waals surface area contributed by atoms with Crippen molar-refractivity contribution in [2.75, 3.05) is 33.2 Å². The number of carbonyl (C=O) groups is 1. The minimum atomic E-state index is -1.09. The predicted octanol–water partition coefficient (Wildman–Crippen LogP) is -0.567. The smallest absolute Gasteiger partial charge is 0.123 e. The Hall–Kier alpha value is -1.76. The molecule has 6 heteroatoms. The maximum Gasteiger partial charge on any atom is 0.123 e. The summed E-state index contributed by atoms with van der Waals surface area (Å²) < 4.78 is 0. The summed E-state index contributed by atoms with van der Waals surface area (Å²) in [4.78, 5) is 19.1. The third-order valence-corrected chi connectivity index (χ3v) is 5.11. The molecule has 1 aliphatic heterocycles. The maximum atomic E-state index is 10.7. The number of piperazine rings is 1. The first-order chi connectivity index (χ1) is 11.1. The number of nitrogens with zero attached hydrogens (tertiary/aromatic N) is 2. The van der Waals surface area contributed by atoms with Crippen molar-refractivity contribution in [1.29, 1.82) is 0 Å². The number of nitrogens with one attached hydrogen (secondary N) is 1. The highest BCUT2D eigenvalue weighted by Crippen LogP contribution is 2.25. The van der Waals surface area contributed by atoms with Gasteiger partial charge in [-0.3, -0.25) is 4.90 Å². The molecule has 0 aliphatic carbocycles. The molecular formula is C17H21N3O2S. The Bertz CT molecular complexity index is 678. The molecule has 0 amide bonds. The molecule has 1 aliphatic rings. The zero-order chi connectivity index (χ0) is 16.2. The minimum absolute atomic E-state index is 0.125. The quantitative estimate of drug-likeness (QED) is 0.797. The van der Waals surface area contributed by atoms with E-state index in [-0.39, 0.29) is 6.42 Å². The fourth-order valence-corrected chi connectivity index (χ4v) is 3.64. The van der Waals surface area contributed by atoms with Crippen LogP contribution < -0.4 is 10.0 Å². The molecule has 1 aromatic heterocycles. The highest BCUT2D eigenvalue weighted by atomic mass is 32.1. The predicted molar refractivity (Wildman–Crippen MR) is 88.2 cm³/mol. The molecule has 1 aromatic carbocycles. The Morgan fingerprint density at radius 2 is 2.17 bits per heavy atom. The van der Waals surface area contributed by atoms with E-state index >= 15 is 0 Å². The van der Waals surface area contributed by atoms with Crippen molar-refractivity contribution >= 4 is 17.3 Å². The Balaban J connectivity index is 1.69. The van der Waals surface area contributed by atoms with Crippen LogP contribution in [0, 0.1) is 0 Å². The first-order valence-corrected chi connectivity index (χ1v) is 8.75. The number of hydrogen-bond donors (Lipinski definition) is 1. The molecule has 0 saturated carbocycles. The second-order valence-corrected chi connectivity index (χ2v) is 6.98. The number of likely N-dealkylation sites (N-methyl/N-ethyl adjacent to an activating group) is 1. The van der Waals surface area contributed by atoms with E-state index in [1.807, 2.05) is 12.1 Å². The summed E-state index contributed by atoms with van der Waals surface area (Å²) in [5.41, 5.74) is 2.90. The van der Waals surface area contributed by atoms with Gasteiger partial charge < -0.3 is 14.8 Å². The fraction of sp³-hybridized carbons (Fsp3) is 0.412. The molecule has 0 unspecified atom stereocenters. The van der Waals surface area contributed by atoms with Gasteiger partial charge >= 0.3 is 0 Å². The lowest BCUT2D eigenvalue weighted by Crippen LogP contribution is -3.11. The molecule has 2 heterocycles. The van der Waals surface area contributed by atoms with Crippen molar-refractivity contribution in [3.63, 3.8) is 0 Å². The Morgan fingerprint density at radius 3 is 2.91 bits per heavy atom. The van der Waals surface area contributed by atoms with Crippen LogP contribution in [0.25, 0.3) is 10.6 Å². The summed E-state index contributed by atoms with van der Waals surface area (Å²) >= 11 is 1.48. The molecule has 0 spiro atoms. The molecule has 1 fully saturated rings. The van der Waals surface area contributed by atoms with E-state index < -0.39 is 5.97 Å². The summed E-state index contributed by atoms with van der Waals surface area (Å²) in [5, 5.41) is 13.3. The van der Waals surface area contributed by atoms with Crippen molar-refractivity contribution in [2.24, 2.45) is 0 Å². The molecule has 1 N–H and O–H groups in total. The molecule has 0 atom stereocenters. The van der Waals surface area contributed by atoms with Crippen molar-refractivity contribution in [3.05, 3.63) is 40.9 Å². The standard InChI is InChI=1S/C17H21N3O2S/c1-19-5-7-20(8-6-19)11-13-3-2-4-14(9-13)17-18-15(12-23-17)10-16(21)22/h2-4,9,12H,5-8,10-11H2,1H3,(H,21,22). The molecule has 122 valence electrons. The van der Waals surface area contributed by atoms with Gasteiger partial charge in [0.15, 0.2) is 0 Å². The number of rotatable bonds is 5. The summed E-state index contributed by atoms with van der Waals surface area (Å²) in [6.45, 7) is 5.60. The third kappa shape index (κ3) is 4.37. The van der Waals surface area contributed by atoms with Crippen LogP contribution in [0.4, 0.5) is 0 Å². The lowest BCUT2D eigenvalue weighted by Gasteiger charge is -2.30. The number of hydrogen-bond acceptors (Lipinski definition) is 5. The van der Waals surface area contributed by atoms with E-state index in [1.54, 1.807) is 10.3 Å². The van der Waals surface area contributed by atoms with Crippen molar-refractivity contribution < 1.29 is 14.8 Å². The van der Waals surface area contributed by atoms with Crippen molar-refractivity contribution in [1.82, 2.24) is 9.88 Å². The van der Waals surface area contributed by atoms with Gasteiger partial charge in [0, 0.05) is 43.0 Å². The van der Waals surface area contributed by atoms with Crippen LogP contribution in [0.15, 0.2) is 29.6 Å². The van der Waals surface area contributed by atoms with Gasteiger partial charge in [0.2, 0.25) is 0 Å². The number of aliphatic carboxylic acids is 1. The molecule has 1 saturated heterocycles. The van der Waals surface area contributed by atoms with E-state index in [0.29, 0.717) is 5.69 Å². The first kappa shape index (κ1) is 16.1. The van der Waals surface area contributed by atoms with Crippen LogP contribution in [0.2, 0.25) is 0 Å². The van der Waals surface area contributed by atoms with Crippen LogP contribution in [0.1, 0.15) is 11.3 Å². The number of quaternary nitrogens is 1. The van der Waals surface area contributed by atoms with Gasteiger partial charge in [-0.05, 0) is 11.6 Å². The topological polar surface area (TPSA) is 60.7 Å². The van der Waals surface area contributed by atoms with Crippen LogP contribution in [-0.2, 0) is 17.8 Å². The Morgan fingerprint density at radius 1 is 1.39 bits per heavy atom. The van der Waals surface area contributed by atoms with Gasteiger partial charge in [-0.1, -0.05) is 18.2 Å². The molecule has 0 radical (unpaired) electrons. The fourth-order valence-electron chi connectivity index (χ4n) is 2.82. The monoisotopic (exact) mass is 331 g/mol. The number of carboxylic acids is 1. The van der Waals surface area contributed by atoms with Gasteiger partial charge in [0.05, 0.1) is 25.8 Å². The third-order valence-electron chi connectivity index (χ3n) is 4.17. The van der Waals surface area contributed by atoms with Gasteiger partial charge in [-0.25, -0.2) is 4.98 Å². The Kier molecular flexibility index (Phi) is 5.05. The SMILES string of the molecule is C[NH+]1CCN(Cc2cccc(-c3nc(CC(=O)[O-])cs3)c2)CC1. The van der Waals surface area contributed by atoms with Gasteiger partial charge in [0.1, 0.15) is 5.01 Å². The molecule has 23 heavy (non-hydrogen) atoms. The second-order valence-electron chi connectivity index (χ2n) is 6.13. The van der Waals surface area contributed by atoms with Crippen molar-refractivity contribution in [3.8, 4) is 10.6 Å². The summed E-state index contributed by atoms with van der Waals surface area (Å²) in [7, 11) is 2.24. The van der Waals surface area contributed by atoms with Crippen LogP contribution in [0.3, 0.4) is 0 Å². The lowest BCUT2D eigenvalue weighted by molar-refractivity contribution is -0.884. The minimum Gasteiger partial charge on any atom is -0.550 e. The zero-order valence-corrected chi connectivity index (χ0v) is 14.1. The highest BCUT2D eigenvalue weighted by molar-refractivity contribution is 7.13. The van der Waals surface area contributed by atoms with Gasteiger partial charge in [-0.15, -0.1) is 11.3 Å². The van der Waals surface area contributed by atoms with E-state index in [0.717, 1.165) is 30.2 Å². The summed E-state index contributed by atoms with van der Waals surface area (Å²) in [5.74, 6) is -1.09. The zero-order valence-electron chi connectivity index (χ0n) is 13.2. The maximum absolute atomic E-state index is 10.7. The lowest BCUT2D eigenvalue weighted by atomic mass is 10.1. The average molecular weight is 331 g/mol. The normalized spacial score (nSPS) is 16.6. The highest BCUT2D eigenvalue weighted by Gasteiger charge is 2.16. The van der Waals surface area contributed by atoms with Crippen molar-refractivity contribution in [2.45, 2.75) is 13.0 Å². The second kappa shape index (κ2) is 7.21. The van der Waals surface area contributed by atoms with Crippen LogP contribution in [-0.4, -0.2) is 49.1 Å². The molecular weight excluding hydrogens is 310 g/mol. The molecule has 5 nitrogen and oxygen atoms in total.